The minimum absolute atomic E-state index is 0.127. The lowest BCUT2D eigenvalue weighted by Gasteiger charge is -2.06. The zero-order valence-corrected chi connectivity index (χ0v) is 9.77. The highest BCUT2D eigenvalue weighted by molar-refractivity contribution is 5.49. The molecular weight excluding hydrogens is 204 g/mol. The van der Waals surface area contributed by atoms with E-state index >= 15 is 0 Å². The Hall–Kier alpha value is -1.62. The van der Waals surface area contributed by atoms with Crippen LogP contribution >= 0.6 is 0 Å². The summed E-state index contributed by atoms with van der Waals surface area (Å²) in [5, 5.41) is 7.51. The van der Waals surface area contributed by atoms with Crippen molar-refractivity contribution in [1.82, 2.24) is 20.1 Å². The van der Waals surface area contributed by atoms with E-state index in [9.17, 15) is 0 Å². The molecule has 0 amide bonds. The highest BCUT2D eigenvalue weighted by atomic mass is 16.4. The summed E-state index contributed by atoms with van der Waals surface area (Å²) in [5.41, 5.74) is 0.810. The summed E-state index contributed by atoms with van der Waals surface area (Å²) >= 11 is 0. The SMILES string of the molecule is CCNC(C)c1ncc(-c2ccn(C)n2)o1. The molecule has 0 radical (unpaired) electrons. The maximum Gasteiger partial charge on any atom is 0.211 e. The first kappa shape index (κ1) is 10.9. The lowest BCUT2D eigenvalue weighted by atomic mass is 10.3. The van der Waals surface area contributed by atoms with Gasteiger partial charge in [-0.3, -0.25) is 4.68 Å². The number of aryl methyl sites for hydroxylation is 1. The third kappa shape index (κ3) is 2.14. The third-order valence-corrected chi connectivity index (χ3v) is 2.37. The van der Waals surface area contributed by atoms with E-state index in [-0.39, 0.29) is 6.04 Å². The molecule has 0 saturated heterocycles. The molecular formula is C11H16N4O. The lowest BCUT2D eigenvalue weighted by molar-refractivity contribution is 0.428. The van der Waals surface area contributed by atoms with E-state index < -0.39 is 0 Å². The Morgan fingerprint density at radius 2 is 2.38 bits per heavy atom. The Labute approximate surface area is 94.5 Å². The molecule has 2 heterocycles. The zero-order valence-electron chi connectivity index (χ0n) is 9.77. The Bertz CT molecular complexity index is 460. The van der Waals surface area contributed by atoms with Crippen LogP contribution in [-0.4, -0.2) is 21.3 Å². The lowest BCUT2D eigenvalue weighted by Crippen LogP contribution is -2.17. The number of oxazole rings is 1. The van der Waals surface area contributed by atoms with Crippen molar-refractivity contribution in [1.29, 1.82) is 0 Å². The van der Waals surface area contributed by atoms with Crippen molar-refractivity contribution < 1.29 is 4.42 Å². The Kier molecular flexibility index (Phi) is 3.05. The number of aromatic nitrogens is 3. The maximum absolute atomic E-state index is 5.65. The number of nitrogens with one attached hydrogen (secondary N) is 1. The monoisotopic (exact) mass is 220 g/mol. The summed E-state index contributed by atoms with van der Waals surface area (Å²) in [7, 11) is 1.88. The van der Waals surface area contributed by atoms with Gasteiger partial charge in [0.2, 0.25) is 5.89 Å². The first-order valence-corrected chi connectivity index (χ1v) is 5.40. The fraction of sp³-hybridized carbons (Fsp3) is 0.455. The van der Waals surface area contributed by atoms with Gasteiger partial charge in [-0.2, -0.15) is 5.10 Å². The first-order chi connectivity index (χ1) is 7.70. The van der Waals surface area contributed by atoms with Crippen LogP contribution in [-0.2, 0) is 7.05 Å². The van der Waals surface area contributed by atoms with E-state index in [1.165, 1.54) is 0 Å². The number of nitrogens with zero attached hydrogens (tertiary/aromatic N) is 3. The van der Waals surface area contributed by atoms with Gasteiger partial charge in [0.15, 0.2) is 5.76 Å². The molecule has 0 aliphatic carbocycles. The average Bonchev–Trinajstić information content (AvgIpc) is 2.85. The van der Waals surface area contributed by atoms with E-state index in [0.29, 0.717) is 11.7 Å². The minimum atomic E-state index is 0.127. The smallest absolute Gasteiger partial charge is 0.211 e. The summed E-state index contributed by atoms with van der Waals surface area (Å²) in [6.07, 6.45) is 3.59. The summed E-state index contributed by atoms with van der Waals surface area (Å²) in [4.78, 5) is 4.24. The number of hydrogen-bond acceptors (Lipinski definition) is 4. The molecule has 2 aromatic heterocycles. The molecule has 1 unspecified atom stereocenters. The molecule has 1 N–H and O–H groups in total. The molecule has 1 atom stereocenters. The third-order valence-electron chi connectivity index (χ3n) is 2.37. The average molecular weight is 220 g/mol. The Morgan fingerprint density at radius 1 is 1.56 bits per heavy atom. The molecule has 86 valence electrons. The van der Waals surface area contributed by atoms with Crippen molar-refractivity contribution >= 4 is 0 Å². The van der Waals surface area contributed by atoms with Crippen LogP contribution in [0.3, 0.4) is 0 Å². The van der Waals surface area contributed by atoms with Crippen LogP contribution in [0.5, 0.6) is 0 Å². The fourth-order valence-electron chi connectivity index (χ4n) is 1.55. The van der Waals surface area contributed by atoms with Crippen LogP contribution in [0.15, 0.2) is 22.9 Å². The second kappa shape index (κ2) is 4.49. The van der Waals surface area contributed by atoms with E-state index in [0.717, 1.165) is 12.2 Å². The van der Waals surface area contributed by atoms with Gasteiger partial charge >= 0.3 is 0 Å². The topological polar surface area (TPSA) is 55.9 Å². The van der Waals surface area contributed by atoms with Gasteiger partial charge in [-0.15, -0.1) is 0 Å². The van der Waals surface area contributed by atoms with Gasteiger partial charge in [0, 0.05) is 13.2 Å². The first-order valence-electron chi connectivity index (χ1n) is 5.40. The Morgan fingerprint density at radius 3 is 3.00 bits per heavy atom. The molecule has 0 saturated carbocycles. The molecule has 2 rings (SSSR count). The van der Waals surface area contributed by atoms with E-state index in [1.54, 1.807) is 10.9 Å². The van der Waals surface area contributed by atoms with Crippen molar-refractivity contribution in [3.63, 3.8) is 0 Å². The van der Waals surface area contributed by atoms with Gasteiger partial charge in [0.25, 0.3) is 0 Å². The van der Waals surface area contributed by atoms with Crippen molar-refractivity contribution in [3.05, 3.63) is 24.4 Å². The van der Waals surface area contributed by atoms with Crippen LogP contribution in [0.25, 0.3) is 11.5 Å². The number of rotatable bonds is 4. The highest BCUT2D eigenvalue weighted by Gasteiger charge is 2.13. The summed E-state index contributed by atoms with van der Waals surface area (Å²) in [6, 6.07) is 2.03. The quantitative estimate of drug-likeness (QED) is 0.852. The standard InChI is InChI=1S/C11H16N4O/c1-4-12-8(2)11-13-7-10(16-11)9-5-6-15(3)14-9/h5-8,12H,4H2,1-3H3. The van der Waals surface area contributed by atoms with Crippen molar-refractivity contribution in [3.8, 4) is 11.5 Å². The molecule has 0 aromatic carbocycles. The van der Waals surface area contributed by atoms with Gasteiger partial charge in [-0.1, -0.05) is 6.92 Å². The largest absolute Gasteiger partial charge is 0.437 e. The molecule has 5 heteroatoms. The summed E-state index contributed by atoms with van der Waals surface area (Å²) in [5.74, 6) is 1.41. The molecule has 2 aromatic rings. The van der Waals surface area contributed by atoms with Crippen molar-refractivity contribution in [2.45, 2.75) is 19.9 Å². The van der Waals surface area contributed by atoms with Gasteiger partial charge in [-0.05, 0) is 19.5 Å². The number of hydrogen-bond donors (Lipinski definition) is 1. The highest BCUT2D eigenvalue weighted by Crippen LogP contribution is 2.20. The maximum atomic E-state index is 5.65. The molecule has 0 fully saturated rings. The Balaban J connectivity index is 2.19. The predicted molar refractivity (Wildman–Crippen MR) is 60.8 cm³/mol. The van der Waals surface area contributed by atoms with Gasteiger partial charge < -0.3 is 9.73 Å². The minimum Gasteiger partial charge on any atom is -0.437 e. The van der Waals surface area contributed by atoms with Gasteiger partial charge in [0.05, 0.1) is 12.2 Å². The van der Waals surface area contributed by atoms with Gasteiger partial charge in [-0.25, -0.2) is 4.98 Å². The van der Waals surface area contributed by atoms with Crippen LogP contribution < -0.4 is 5.32 Å². The molecule has 0 spiro atoms. The normalized spacial score (nSPS) is 12.9. The van der Waals surface area contributed by atoms with E-state index in [4.69, 9.17) is 4.42 Å². The van der Waals surface area contributed by atoms with Gasteiger partial charge in [0.1, 0.15) is 5.69 Å². The molecule has 5 nitrogen and oxygen atoms in total. The van der Waals surface area contributed by atoms with Crippen LogP contribution in [0.1, 0.15) is 25.8 Å². The summed E-state index contributed by atoms with van der Waals surface area (Å²) < 4.78 is 7.39. The second-order valence-electron chi connectivity index (χ2n) is 3.72. The van der Waals surface area contributed by atoms with Crippen LogP contribution in [0.2, 0.25) is 0 Å². The molecule has 0 aliphatic heterocycles. The van der Waals surface area contributed by atoms with Crippen LogP contribution in [0.4, 0.5) is 0 Å². The van der Waals surface area contributed by atoms with Crippen LogP contribution in [0, 0.1) is 0 Å². The van der Waals surface area contributed by atoms with E-state index in [2.05, 4.69) is 22.3 Å². The second-order valence-corrected chi connectivity index (χ2v) is 3.72. The molecule has 0 aliphatic rings. The molecule has 16 heavy (non-hydrogen) atoms. The van der Waals surface area contributed by atoms with Crippen molar-refractivity contribution in [2.24, 2.45) is 7.05 Å². The summed E-state index contributed by atoms with van der Waals surface area (Å²) in [6.45, 7) is 4.97. The molecule has 0 bridgehead atoms. The zero-order chi connectivity index (χ0) is 11.5. The fourth-order valence-corrected chi connectivity index (χ4v) is 1.55. The predicted octanol–water partition coefficient (Wildman–Crippen LogP) is 1.75. The van der Waals surface area contributed by atoms with E-state index in [1.807, 2.05) is 26.2 Å². The van der Waals surface area contributed by atoms with Crippen molar-refractivity contribution in [2.75, 3.05) is 6.54 Å².